The minimum Gasteiger partial charge on any atom is -0.366 e. The van der Waals surface area contributed by atoms with E-state index in [0.29, 0.717) is 0 Å². The summed E-state index contributed by atoms with van der Waals surface area (Å²) < 4.78 is 103. The Hall–Kier alpha value is -1.06. The molecule has 0 radical (unpaired) electrons. The van der Waals surface area contributed by atoms with Gasteiger partial charge in [0.05, 0.1) is 0 Å². The van der Waals surface area contributed by atoms with Gasteiger partial charge in [0.1, 0.15) is 10.6 Å². The van der Waals surface area contributed by atoms with Gasteiger partial charge in [-0.1, -0.05) is 11.6 Å². The standard InChI is InChI=1S/C7H2ClF8NO/c8-2-1(3(17)18)4(9,10)6(13,14)7(15,16)5(2,11)12/h(H2,17,18). The molecule has 1 amide bonds. The fourth-order valence-electron chi connectivity index (χ4n) is 1.25. The smallest absolute Gasteiger partial charge is 0.366 e. The van der Waals surface area contributed by atoms with E-state index in [-0.39, 0.29) is 0 Å². The lowest BCUT2D eigenvalue weighted by Gasteiger charge is -2.41. The van der Waals surface area contributed by atoms with E-state index in [1.54, 1.807) is 0 Å². The number of hydrogen-bond acceptors (Lipinski definition) is 1. The van der Waals surface area contributed by atoms with Crippen molar-refractivity contribution in [2.45, 2.75) is 23.7 Å². The van der Waals surface area contributed by atoms with Crippen LogP contribution in [-0.2, 0) is 4.79 Å². The average molecular weight is 304 g/mol. The van der Waals surface area contributed by atoms with Crippen LogP contribution in [0.2, 0.25) is 0 Å². The molecule has 0 aromatic heterocycles. The number of alkyl halides is 8. The number of carbonyl (C=O) groups excluding carboxylic acids is 1. The molecule has 104 valence electrons. The predicted octanol–water partition coefficient (Wildman–Crippen LogP) is 2.52. The van der Waals surface area contributed by atoms with Crippen molar-refractivity contribution >= 4 is 17.5 Å². The van der Waals surface area contributed by atoms with Gasteiger partial charge in [-0.3, -0.25) is 4.79 Å². The van der Waals surface area contributed by atoms with Crippen molar-refractivity contribution in [3.05, 3.63) is 10.6 Å². The third-order valence-corrected chi connectivity index (χ3v) is 2.66. The van der Waals surface area contributed by atoms with E-state index >= 15 is 0 Å². The zero-order valence-electron chi connectivity index (χ0n) is 7.89. The third-order valence-electron chi connectivity index (χ3n) is 2.24. The molecule has 0 saturated carbocycles. The zero-order valence-corrected chi connectivity index (χ0v) is 8.64. The highest BCUT2D eigenvalue weighted by Crippen LogP contribution is 2.62. The summed E-state index contributed by atoms with van der Waals surface area (Å²) in [5.41, 5.74) is 1.46. The van der Waals surface area contributed by atoms with Crippen LogP contribution in [0, 0.1) is 0 Å². The van der Waals surface area contributed by atoms with E-state index in [4.69, 9.17) is 0 Å². The maximum Gasteiger partial charge on any atom is 0.383 e. The van der Waals surface area contributed by atoms with Crippen LogP contribution in [0.4, 0.5) is 35.1 Å². The highest BCUT2D eigenvalue weighted by atomic mass is 35.5. The Balaban J connectivity index is 3.79. The van der Waals surface area contributed by atoms with E-state index in [1.807, 2.05) is 0 Å². The van der Waals surface area contributed by atoms with Crippen LogP contribution in [0.1, 0.15) is 0 Å². The van der Waals surface area contributed by atoms with Crippen LogP contribution in [0.3, 0.4) is 0 Å². The van der Waals surface area contributed by atoms with Gasteiger partial charge in [0.2, 0.25) is 0 Å². The van der Waals surface area contributed by atoms with Crippen molar-refractivity contribution in [3.63, 3.8) is 0 Å². The Morgan fingerprint density at radius 1 is 0.889 bits per heavy atom. The number of amides is 1. The molecule has 0 atom stereocenters. The number of allylic oxidation sites excluding steroid dienone is 1. The van der Waals surface area contributed by atoms with E-state index in [9.17, 15) is 39.9 Å². The molecule has 1 rings (SSSR count). The summed E-state index contributed by atoms with van der Waals surface area (Å²) in [6, 6.07) is 0. The lowest BCUT2D eigenvalue weighted by Crippen LogP contribution is -2.67. The summed E-state index contributed by atoms with van der Waals surface area (Å²) in [5, 5.41) is -2.70. The first-order valence-corrected chi connectivity index (χ1v) is 4.32. The molecule has 0 saturated heterocycles. The molecule has 0 unspecified atom stereocenters. The van der Waals surface area contributed by atoms with Gasteiger partial charge in [-0.2, -0.15) is 35.1 Å². The Labute approximate surface area is 98.4 Å². The first-order valence-electron chi connectivity index (χ1n) is 3.94. The summed E-state index contributed by atoms with van der Waals surface area (Å²) in [6.45, 7) is 0. The van der Waals surface area contributed by atoms with Crippen molar-refractivity contribution in [2.24, 2.45) is 5.73 Å². The molecular formula is C7H2ClF8NO. The third kappa shape index (κ3) is 1.38. The normalized spacial score (nSPS) is 28.1. The highest BCUT2D eigenvalue weighted by Gasteiger charge is 2.86. The highest BCUT2D eigenvalue weighted by molar-refractivity contribution is 6.33. The summed E-state index contributed by atoms with van der Waals surface area (Å²) in [6.07, 6.45) is 0. The second-order valence-corrected chi connectivity index (χ2v) is 3.73. The van der Waals surface area contributed by atoms with Crippen LogP contribution in [0.5, 0.6) is 0 Å². The quantitative estimate of drug-likeness (QED) is 0.743. The first-order chi connectivity index (χ1) is 7.73. The Bertz CT molecular complexity index is 443. The number of carbonyl (C=O) groups is 1. The summed E-state index contributed by atoms with van der Waals surface area (Å²) in [5.74, 6) is -27.2. The fraction of sp³-hybridized carbons (Fsp3) is 0.571. The van der Waals surface area contributed by atoms with Crippen LogP contribution >= 0.6 is 11.6 Å². The maximum atomic E-state index is 13.0. The van der Waals surface area contributed by atoms with Crippen LogP contribution in [-0.4, -0.2) is 29.6 Å². The average Bonchev–Trinajstić information content (AvgIpc) is 2.14. The maximum absolute atomic E-state index is 13.0. The van der Waals surface area contributed by atoms with Gasteiger partial charge in [-0.25, -0.2) is 0 Å². The molecule has 2 nitrogen and oxygen atoms in total. The number of nitrogens with two attached hydrogens (primary N) is 1. The van der Waals surface area contributed by atoms with Gasteiger partial charge in [-0.05, 0) is 0 Å². The van der Waals surface area contributed by atoms with Gasteiger partial charge in [0, 0.05) is 0 Å². The van der Waals surface area contributed by atoms with Crippen molar-refractivity contribution in [1.29, 1.82) is 0 Å². The molecule has 2 N–H and O–H groups in total. The molecule has 11 heteroatoms. The van der Waals surface area contributed by atoms with Crippen LogP contribution in [0.15, 0.2) is 10.6 Å². The molecule has 1 aliphatic carbocycles. The largest absolute Gasteiger partial charge is 0.383 e. The van der Waals surface area contributed by atoms with Gasteiger partial charge >= 0.3 is 23.7 Å². The summed E-state index contributed by atoms with van der Waals surface area (Å²) in [7, 11) is 0. The molecule has 0 heterocycles. The van der Waals surface area contributed by atoms with E-state index in [2.05, 4.69) is 17.3 Å². The Kier molecular flexibility index (Phi) is 2.91. The Morgan fingerprint density at radius 2 is 1.22 bits per heavy atom. The van der Waals surface area contributed by atoms with Crippen LogP contribution in [0.25, 0.3) is 0 Å². The minimum absolute atomic E-state index is 2.44. The second-order valence-electron chi connectivity index (χ2n) is 3.35. The first kappa shape index (κ1) is 15.0. The molecule has 0 bridgehead atoms. The molecule has 0 aliphatic heterocycles. The number of halogens is 9. The Morgan fingerprint density at radius 3 is 1.56 bits per heavy atom. The lowest BCUT2D eigenvalue weighted by molar-refractivity contribution is -0.356. The SMILES string of the molecule is NC(=O)C1=C(Cl)C(F)(F)C(F)(F)C(F)(F)C1(F)F. The van der Waals surface area contributed by atoms with Gasteiger partial charge in [0.15, 0.2) is 0 Å². The number of primary amides is 1. The topological polar surface area (TPSA) is 43.1 Å². The van der Waals surface area contributed by atoms with Crippen molar-refractivity contribution in [2.75, 3.05) is 0 Å². The number of rotatable bonds is 1. The minimum atomic E-state index is -6.52. The van der Waals surface area contributed by atoms with E-state index < -0.39 is 40.2 Å². The molecule has 0 aromatic rings. The molecule has 1 aliphatic rings. The predicted molar refractivity (Wildman–Crippen MR) is 41.9 cm³/mol. The fourth-order valence-corrected chi connectivity index (χ4v) is 1.58. The molecule has 0 aromatic carbocycles. The summed E-state index contributed by atoms with van der Waals surface area (Å²) in [4.78, 5) is 10.5. The lowest BCUT2D eigenvalue weighted by atomic mass is 9.85. The number of hydrogen-bond donors (Lipinski definition) is 1. The van der Waals surface area contributed by atoms with E-state index in [1.165, 1.54) is 0 Å². The molecule has 0 spiro atoms. The molecular weight excluding hydrogens is 302 g/mol. The second kappa shape index (κ2) is 3.49. The van der Waals surface area contributed by atoms with Crippen molar-refractivity contribution in [3.8, 4) is 0 Å². The zero-order chi connectivity index (χ0) is 14.7. The van der Waals surface area contributed by atoms with Gasteiger partial charge < -0.3 is 5.73 Å². The van der Waals surface area contributed by atoms with Gasteiger partial charge in [-0.15, -0.1) is 0 Å². The molecule has 0 fully saturated rings. The van der Waals surface area contributed by atoms with Crippen molar-refractivity contribution < 1.29 is 39.9 Å². The molecule has 18 heavy (non-hydrogen) atoms. The van der Waals surface area contributed by atoms with E-state index in [0.717, 1.165) is 0 Å². The van der Waals surface area contributed by atoms with Gasteiger partial charge in [0.25, 0.3) is 5.91 Å². The monoisotopic (exact) mass is 303 g/mol. The van der Waals surface area contributed by atoms with Crippen LogP contribution < -0.4 is 5.73 Å². The summed E-state index contributed by atoms with van der Waals surface area (Å²) >= 11 is 4.50. The van der Waals surface area contributed by atoms with Crippen molar-refractivity contribution in [1.82, 2.24) is 0 Å².